The predicted molar refractivity (Wildman–Crippen MR) is 86.0 cm³/mol. The first kappa shape index (κ1) is 17.0. The topological polar surface area (TPSA) is 33.1 Å². The summed E-state index contributed by atoms with van der Waals surface area (Å²) in [6.45, 7) is 2.13. The van der Waals surface area contributed by atoms with Gasteiger partial charge in [0, 0.05) is 37.6 Å². The number of hydrogen-bond donors (Lipinski definition) is 1. The predicted octanol–water partition coefficient (Wildman–Crippen LogP) is 3.16. The number of rotatable bonds is 5. The van der Waals surface area contributed by atoms with E-state index in [4.69, 9.17) is 0 Å². The van der Waals surface area contributed by atoms with Gasteiger partial charge in [-0.25, -0.2) is 4.68 Å². The fourth-order valence-electron chi connectivity index (χ4n) is 3.17. The molecule has 1 aromatic carbocycles. The van der Waals surface area contributed by atoms with Gasteiger partial charge in [0.05, 0.1) is 12.2 Å². The molecule has 0 amide bonds. The zero-order valence-electron chi connectivity index (χ0n) is 13.5. The Kier molecular flexibility index (Phi) is 4.91. The number of nitrogens with zero attached hydrogens (tertiary/aromatic N) is 3. The van der Waals surface area contributed by atoms with E-state index in [0.29, 0.717) is 13.1 Å². The summed E-state index contributed by atoms with van der Waals surface area (Å²) in [5.41, 5.74) is 2.06. The average molecular weight is 338 g/mol. The lowest BCUT2D eigenvalue weighted by Gasteiger charge is -2.22. The number of nitrogens with one attached hydrogen (secondary N) is 1. The summed E-state index contributed by atoms with van der Waals surface area (Å²) in [4.78, 5) is 1.46. The summed E-state index contributed by atoms with van der Waals surface area (Å²) in [6.07, 6.45) is 0.211. The van der Waals surface area contributed by atoms with Gasteiger partial charge in [0.25, 0.3) is 0 Å². The van der Waals surface area contributed by atoms with Crippen LogP contribution in [0, 0.1) is 0 Å². The molecule has 0 spiro atoms. The second-order valence-electron chi connectivity index (χ2n) is 6.27. The molecule has 2 aromatic rings. The van der Waals surface area contributed by atoms with Crippen LogP contribution in [-0.4, -0.2) is 46.5 Å². The van der Waals surface area contributed by atoms with Crippen molar-refractivity contribution in [3.63, 3.8) is 0 Å². The van der Waals surface area contributed by atoms with E-state index in [0.717, 1.165) is 17.7 Å². The Hall–Kier alpha value is -1.86. The highest BCUT2D eigenvalue weighted by Gasteiger charge is 2.34. The Morgan fingerprint density at radius 1 is 1.33 bits per heavy atom. The quantitative estimate of drug-likeness (QED) is 0.909. The molecule has 130 valence electrons. The van der Waals surface area contributed by atoms with Gasteiger partial charge >= 0.3 is 6.18 Å². The maximum absolute atomic E-state index is 12.5. The molecule has 24 heavy (non-hydrogen) atoms. The average Bonchev–Trinajstić information content (AvgIpc) is 3.18. The minimum Gasteiger partial charge on any atom is -0.306 e. The van der Waals surface area contributed by atoms with Crippen LogP contribution in [-0.2, 0) is 0 Å². The van der Waals surface area contributed by atoms with Gasteiger partial charge in [-0.05, 0) is 37.1 Å². The molecule has 1 aromatic heterocycles. The van der Waals surface area contributed by atoms with Gasteiger partial charge in [0.2, 0.25) is 0 Å². The molecule has 1 saturated heterocycles. The molecule has 1 aliphatic rings. The van der Waals surface area contributed by atoms with Crippen molar-refractivity contribution in [2.75, 3.05) is 19.6 Å². The smallest absolute Gasteiger partial charge is 0.306 e. The molecule has 0 radical (unpaired) electrons. The van der Waals surface area contributed by atoms with Gasteiger partial charge in [-0.1, -0.05) is 12.1 Å². The van der Waals surface area contributed by atoms with E-state index < -0.39 is 12.7 Å². The van der Waals surface area contributed by atoms with Gasteiger partial charge in [-0.2, -0.15) is 18.3 Å². The zero-order chi connectivity index (χ0) is 17.2. The van der Waals surface area contributed by atoms with Gasteiger partial charge in [0.1, 0.15) is 0 Å². The van der Waals surface area contributed by atoms with Crippen molar-refractivity contribution >= 4 is 0 Å². The third-order valence-electron chi connectivity index (χ3n) is 4.30. The minimum absolute atomic E-state index is 0.0661. The van der Waals surface area contributed by atoms with Gasteiger partial charge < -0.3 is 5.32 Å². The molecular formula is C17H21F3N4. The molecule has 0 saturated carbocycles. The Bertz CT molecular complexity index is 654. The summed E-state index contributed by atoms with van der Waals surface area (Å²) in [6, 6.07) is 10.0. The van der Waals surface area contributed by atoms with E-state index in [1.54, 1.807) is 10.9 Å². The van der Waals surface area contributed by atoms with Crippen molar-refractivity contribution in [1.29, 1.82) is 0 Å². The molecule has 2 atom stereocenters. The summed E-state index contributed by atoms with van der Waals surface area (Å²) < 4.78 is 39.2. The summed E-state index contributed by atoms with van der Waals surface area (Å²) >= 11 is 0. The lowest BCUT2D eigenvalue weighted by atomic mass is 10.1. The first-order valence-electron chi connectivity index (χ1n) is 8.06. The van der Waals surface area contributed by atoms with E-state index >= 15 is 0 Å². The number of aromatic nitrogens is 2. The van der Waals surface area contributed by atoms with Crippen LogP contribution in [0.4, 0.5) is 13.2 Å². The summed E-state index contributed by atoms with van der Waals surface area (Å²) in [5, 5.41) is 7.66. The first-order valence-corrected chi connectivity index (χ1v) is 8.06. The normalized spacial score (nSPS) is 20.4. The van der Waals surface area contributed by atoms with Gasteiger partial charge in [-0.3, -0.25) is 4.90 Å². The minimum atomic E-state index is -4.13. The highest BCUT2D eigenvalue weighted by Crippen LogP contribution is 2.22. The van der Waals surface area contributed by atoms with Crippen LogP contribution in [0.1, 0.15) is 24.9 Å². The Labute approximate surface area is 139 Å². The molecule has 0 unspecified atom stereocenters. The number of benzene rings is 1. The first-order chi connectivity index (χ1) is 11.4. The van der Waals surface area contributed by atoms with E-state index in [-0.39, 0.29) is 12.1 Å². The maximum atomic E-state index is 12.5. The fraction of sp³-hybridized carbons (Fsp3) is 0.471. The van der Waals surface area contributed by atoms with Crippen molar-refractivity contribution in [2.45, 2.75) is 31.6 Å². The Morgan fingerprint density at radius 3 is 2.88 bits per heavy atom. The van der Waals surface area contributed by atoms with Crippen molar-refractivity contribution in [2.24, 2.45) is 0 Å². The molecular weight excluding hydrogens is 317 g/mol. The Balaban J connectivity index is 1.60. The highest BCUT2D eigenvalue weighted by atomic mass is 19.4. The standard InChI is InChI=1S/C17H21F3N4/c1-13(22-15-6-9-23(11-15)12-17(18,19)20)14-4-2-5-16(10-14)24-8-3-7-21-24/h2-5,7-8,10,13,15,22H,6,9,11-12H2,1H3/t13-,15+/m0/s1. The highest BCUT2D eigenvalue weighted by molar-refractivity contribution is 5.36. The fourth-order valence-corrected chi connectivity index (χ4v) is 3.17. The monoisotopic (exact) mass is 338 g/mol. The molecule has 0 aliphatic carbocycles. The molecule has 1 fully saturated rings. The van der Waals surface area contributed by atoms with Crippen LogP contribution >= 0.6 is 0 Å². The van der Waals surface area contributed by atoms with Crippen LogP contribution in [0.25, 0.3) is 5.69 Å². The number of hydrogen-bond acceptors (Lipinski definition) is 3. The van der Waals surface area contributed by atoms with E-state index in [1.165, 1.54) is 4.90 Å². The third kappa shape index (κ3) is 4.36. The molecule has 4 nitrogen and oxygen atoms in total. The zero-order valence-corrected chi connectivity index (χ0v) is 13.5. The molecule has 1 N–H and O–H groups in total. The van der Waals surface area contributed by atoms with Gasteiger partial charge in [-0.15, -0.1) is 0 Å². The summed E-state index contributed by atoms with van der Waals surface area (Å²) in [5.74, 6) is 0. The van der Waals surface area contributed by atoms with Gasteiger partial charge in [0.15, 0.2) is 0 Å². The van der Waals surface area contributed by atoms with E-state index in [2.05, 4.69) is 10.4 Å². The number of halogens is 3. The van der Waals surface area contributed by atoms with Crippen molar-refractivity contribution in [3.05, 3.63) is 48.3 Å². The molecule has 3 rings (SSSR count). The van der Waals surface area contributed by atoms with Crippen LogP contribution in [0.5, 0.6) is 0 Å². The third-order valence-corrected chi connectivity index (χ3v) is 4.30. The molecule has 1 aliphatic heterocycles. The number of alkyl halides is 3. The SMILES string of the molecule is C[C@H](N[C@@H]1CCN(CC(F)(F)F)C1)c1cccc(-n2cccn2)c1. The lowest BCUT2D eigenvalue weighted by Crippen LogP contribution is -2.37. The van der Waals surface area contributed by atoms with Crippen molar-refractivity contribution < 1.29 is 13.2 Å². The van der Waals surface area contributed by atoms with E-state index in [9.17, 15) is 13.2 Å². The van der Waals surface area contributed by atoms with Crippen LogP contribution in [0.15, 0.2) is 42.7 Å². The largest absolute Gasteiger partial charge is 0.401 e. The van der Waals surface area contributed by atoms with E-state index in [1.807, 2.05) is 43.5 Å². The molecule has 0 bridgehead atoms. The lowest BCUT2D eigenvalue weighted by molar-refractivity contribution is -0.143. The molecule has 7 heteroatoms. The number of likely N-dealkylation sites (tertiary alicyclic amines) is 1. The second-order valence-corrected chi connectivity index (χ2v) is 6.27. The van der Waals surface area contributed by atoms with Crippen molar-refractivity contribution in [1.82, 2.24) is 20.0 Å². The second kappa shape index (κ2) is 6.94. The summed E-state index contributed by atoms with van der Waals surface area (Å²) in [7, 11) is 0. The Morgan fingerprint density at radius 2 is 2.17 bits per heavy atom. The molecule has 2 heterocycles. The maximum Gasteiger partial charge on any atom is 0.401 e. The van der Waals surface area contributed by atoms with Crippen LogP contribution in [0.2, 0.25) is 0 Å². The van der Waals surface area contributed by atoms with Crippen LogP contribution in [0.3, 0.4) is 0 Å². The van der Waals surface area contributed by atoms with Crippen molar-refractivity contribution in [3.8, 4) is 5.69 Å². The van der Waals surface area contributed by atoms with Crippen LogP contribution < -0.4 is 5.32 Å².